The van der Waals surface area contributed by atoms with Crippen LogP contribution in [0.2, 0.25) is 5.02 Å². The van der Waals surface area contributed by atoms with Gasteiger partial charge in [-0.1, -0.05) is 23.7 Å². The van der Waals surface area contributed by atoms with E-state index in [1.807, 2.05) is 31.3 Å². The molecule has 1 fully saturated rings. The predicted molar refractivity (Wildman–Crippen MR) is 70.8 cm³/mol. The molecule has 0 atom stereocenters. The topological polar surface area (TPSA) is 52.6 Å². The van der Waals surface area contributed by atoms with Gasteiger partial charge in [-0.3, -0.25) is 9.69 Å². The summed E-state index contributed by atoms with van der Waals surface area (Å²) in [4.78, 5) is 13.0. The van der Waals surface area contributed by atoms with E-state index in [9.17, 15) is 4.79 Å². The van der Waals surface area contributed by atoms with Crippen LogP contribution in [-0.2, 0) is 11.3 Å². The van der Waals surface area contributed by atoms with Crippen LogP contribution < -0.4 is 5.32 Å². The summed E-state index contributed by atoms with van der Waals surface area (Å²) >= 11 is 5.95. The standard InChI is InChI=1S/C13H17ClN2O2/c1-16(7-10-3-2-4-11(14)5-10)13(6-12(17)18)8-15-9-13/h2-5,15H,6-9H2,1H3,(H,17,18). The Morgan fingerprint density at radius 1 is 1.56 bits per heavy atom. The lowest BCUT2D eigenvalue weighted by atomic mass is 9.86. The van der Waals surface area contributed by atoms with Crippen molar-refractivity contribution < 1.29 is 9.90 Å². The monoisotopic (exact) mass is 268 g/mol. The van der Waals surface area contributed by atoms with Crippen LogP contribution in [0.4, 0.5) is 0 Å². The molecule has 0 saturated carbocycles. The van der Waals surface area contributed by atoms with E-state index in [1.54, 1.807) is 0 Å². The average molecular weight is 269 g/mol. The second-order valence-corrected chi connectivity index (χ2v) is 5.32. The first kappa shape index (κ1) is 13.3. The smallest absolute Gasteiger partial charge is 0.305 e. The zero-order chi connectivity index (χ0) is 13.2. The molecule has 1 heterocycles. The molecule has 0 aromatic heterocycles. The van der Waals surface area contributed by atoms with Gasteiger partial charge in [0, 0.05) is 24.7 Å². The van der Waals surface area contributed by atoms with Crippen LogP contribution in [0.25, 0.3) is 0 Å². The van der Waals surface area contributed by atoms with Crippen molar-refractivity contribution in [2.45, 2.75) is 18.5 Å². The Bertz CT molecular complexity index is 446. The van der Waals surface area contributed by atoms with Crippen LogP contribution in [0.1, 0.15) is 12.0 Å². The van der Waals surface area contributed by atoms with E-state index in [0.717, 1.165) is 18.7 Å². The summed E-state index contributed by atoms with van der Waals surface area (Å²) in [6.07, 6.45) is 0.164. The molecule has 0 radical (unpaired) electrons. The van der Waals surface area contributed by atoms with E-state index in [0.29, 0.717) is 11.6 Å². The second kappa shape index (κ2) is 5.26. The quantitative estimate of drug-likeness (QED) is 0.852. The lowest BCUT2D eigenvalue weighted by Gasteiger charge is -2.48. The normalized spacial score (nSPS) is 17.5. The third-order valence-corrected chi connectivity index (χ3v) is 3.74. The minimum atomic E-state index is -0.755. The summed E-state index contributed by atoms with van der Waals surface area (Å²) < 4.78 is 0. The van der Waals surface area contributed by atoms with Crippen LogP contribution in [0.5, 0.6) is 0 Å². The zero-order valence-corrected chi connectivity index (χ0v) is 11.1. The van der Waals surface area contributed by atoms with Crippen LogP contribution in [0.15, 0.2) is 24.3 Å². The fraction of sp³-hybridized carbons (Fsp3) is 0.462. The van der Waals surface area contributed by atoms with Crippen molar-refractivity contribution in [3.8, 4) is 0 Å². The Morgan fingerprint density at radius 3 is 2.78 bits per heavy atom. The molecule has 1 aromatic carbocycles. The van der Waals surface area contributed by atoms with Gasteiger partial charge in [0.1, 0.15) is 0 Å². The Labute approximate surface area is 112 Å². The number of carboxylic acid groups (broad SMARTS) is 1. The van der Waals surface area contributed by atoms with E-state index in [-0.39, 0.29) is 12.0 Å². The molecule has 98 valence electrons. The maximum absolute atomic E-state index is 10.9. The minimum Gasteiger partial charge on any atom is -0.481 e. The van der Waals surface area contributed by atoms with Crippen LogP contribution in [0, 0.1) is 0 Å². The summed E-state index contributed by atoms with van der Waals surface area (Å²) in [5.41, 5.74) is 0.829. The molecule has 1 aliphatic rings. The van der Waals surface area contributed by atoms with Gasteiger partial charge >= 0.3 is 5.97 Å². The zero-order valence-electron chi connectivity index (χ0n) is 10.3. The third-order valence-electron chi connectivity index (χ3n) is 3.51. The number of hydrogen-bond acceptors (Lipinski definition) is 3. The van der Waals surface area contributed by atoms with Crippen molar-refractivity contribution in [1.82, 2.24) is 10.2 Å². The number of aliphatic carboxylic acids is 1. The summed E-state index contributed by atoms with van der Waals surface area (Å²) in [7, 11) is 1.96. The highest BCUT2D eigenvalue weighted by molar-refractivity contribution is 6.30. The molecule has 5 heteroatoms. The minimum absolute atomic E-state index is 0.164. The van der Waals surface area contributed by atoms with Gasteiger partial charge in [-0.25, -0.2) is 0 Å². The number of rotatable bonds is 5. The van der Waals surface area contributed by atoms with Gasteiger partial charge in [-0.05, 0) is 24.7 Å². The number of halogens is 1. The molecular weight excluding hydrogens is 252 g/mol. The molecule has 1 saturated heterocycles. The van der Waals surface area contributed by atoms with E-state index < -0.39 is 5.97 Å². The molecule has 0 aliphatic carbocycles. The molecule has 4 nitrogen and oxygen atoms in total. The van der Waals surface area contributed by atoms with Crippen molar-refractivity contribution in [1.29, 1.82) is 0 Å². The number of likely N-dealkylation sites (N-methyl/N-ethyl adjacent to an activating group) is 1. The summed E-state index contributed by atoms with van der Waals surface area (Å²) in [5, 5.41) is 12.9. The van der Waals surface area contributed by atoms with E-state index in [4.69, 9.17) is 16.7 Å². The summed E-state index contributed by atoms with van der Waals surface area (Å²) in [6, 6.07) is 7.67. The van der Waals surface area contributed by atoms with Gasteiger partial charge < -0.3 is 10.4 Å². The fourth-order valence-corrected chi connectivity index (χ4v) is 2.51. The molecule has 0 spiro atoms. The lowest BCUT2D eigenvalue weighted by Crippen LogP contribution is -2.68. The van der Waals surface area contributed by atoms with Gasteiger partial charge in [0.05, 0.1) is 12.0 Å². The molecule has 2 N–H and O–H groups in total. The SMILES string of the molecule is CN(Cc1cccc(Cl)c1)C1(CC(=O)O)CNC1. The maximum atomic E-state index is 10.9. The first-order valence-electron chi connectivity index (χ1n) is 5.90. The predicted octanol–water partition coefficient (Wildman–Crippen LogP) is 1.59. The lowest BCUT2D eigenvalue weighted by molar-refractivity contribution is -0.141. The highest BCUT2D eigenvalue weighted by Gasteiger charge is 2.42. The number of benzene rings is 1. The molecule has 18 heavy (non-hydrogen) atoms. The van der Waals surface area contributed by atoms with Gasteiger partial charge in [0.15, 0.2) is 0 Å². The number of nitrogens with zero attached hydrogens (tertiary/aromatic N) is 1. The van der Waals surface area contributed by atoms with Crippen LogP contribution >= 0.6 is 11.6 Å². The van der Waals surface area contributed by atoms with Gasteiger partial charge in [-0.2, -0.15) is 0 Å². The Kier molecular flexibility index (Phi) is 3.90. The summed E-state index contributed by atoms with van der Waals surface area (Å²) in [6.45, 7) is 2.14. The molecule has 1 aliphatic heterocycles. The second-order valence-electron chi connectivity index (χ2n) is 4.88. The van der Waals surface area contributed by atoms with Gasteiger partial charge in [-0.15, -0.1) is 0 Å². The van der Waals surface area contributed by atoms with Crippen molar-refractivity contribution in [2.24, 2.45) is 0 Å². The van der Waals surface area contributed by atoms with Crippen molar-refractivity contribution in [3.05, 3.63) is 34.9 Å². The molecule has 0 bridgehead atoms. The highest BCUT2D eigenvalue weighted by atomic mass is 35.5. The van der Waals surface area contributed by atoms with Crippen LogP contribution in [-0.4, -0.2) is 41.7 Å². The molecule has 1 aromatic rings. The molecule has 0 amide bonds. The van der Waals surface area contributed by atoms with E-state index in [2.05, 4.69) is 10.2 Å². The number of carboxylic acids is 1. The highest BCUT2D eigenvalue weighted by Crippen LogP contribution is 2.25. The number of hydrogen-bond donors (Lipinski definition) is 2. The summed E-state index contributed by atoms with van der Waals surface area (Å²) in [5.74, 6) is -0.755. The molecule has 0 unspecified atom stereocenters. The van der Waals surface area contributed by atoms with Gasteiger partial charge in [0.25, 0.3) is 0 Å². The Balaban J connectivity index is 2.06. The Hall–Kier alpha value is -1.10. The van der Waals surface area contributed by atoms with Crippen molar-refractivity contribution in [3.63, 3.8) is 0 Å². The average Bonchev–Trinajstić information content (AvgIpc) is 2.23. The number of carbonyl (C=O) groups is 1. The van der Waals surface area contributed by atoms with E-state index >= 15 is 0 Å². The fourth-order valence-electron chi connectivity index (χ4n) is 2.30. The van der Waals surface area contributed by atoms with Crippen molar-refractivity contribution >= 4 is 17.6 Å². The number of nitrogens with one attached hydrogen (secondary N) is 1. The van der Waals surface area contributed by atoms with Crippen LogP contribution in [0.3, 0.4) is 0 Å². The Morgan fingerprint density at radius 2 is 2.28 bits per heavy atom. The molecule has 2 rings (SSSR count). The third kappa shape index (κ3) is 2.83. The molecular formula is C13H17ClN2O2. The first-order valence-corrected chi connectivity index (χ1v) is 6.28. The van der Waals surface area contributed by atoms with Gasteiger partial charge in [0.2, 0.25) is 0 Å². The first-order chi connectivity index (χ1) is 8.52. The van der Waals surface area contributed by atoms with E-state index in [1.165, 1.54) is 0 Å². The maximum Gasteiger partial charge on any atom is 0.305 e. The van der Waals surface area contributed by atoms with Crippen molar-refractivity contribution in [2.75, 3.05) is 20.1 Å². The largest absolute Gasteiger partial charge is 0.481 e.